The predicted octanol–water partition coefficient (Wildman–Crippen LogP) is 3.46. The third-order valence-corrected chi connectivity index (χ3v) is 3.19. The molecule has 0 aliphatic heterocycles. The van der Waals surface area contributed by atoms with Gasteiger partial charge in [-0.1, -0.05) is 18.2 Å². The molecule has 0 bridgehead atoms. The summed E-state index contributed by atoms with van der Waals surface area (Å²) in [4.78, 5) is 13.7. The second-order valence-electron chi connectivity index (χ2n) is 4.79. The average molecular weight is 318 g/mol. The summed E-state index contributed by atoms with van der Waals surface area (Å²) in [6.45, 7) is 2.43. The number of rotatable bonds is 6. The first-order chi connectivity index (χ1) is 11.1. The van der Waals surface area contributed by atoms with Gasteiger partial charge < -0.3 is 20.1 Å². The molecular weight excluding hydrogens is 299 g/mol. The smallest absolute Gasteiger partial charge is 0.322 e. The highest BCUT2D eigenvalue weighted by atomic mass is 19.1. The zero-order valence-corrected chi connectivity index (χ0v) is 12.8. The number of para-hydroxylation sites is 2. The van der Waals surface area contributed by atoms with E-state index in [1.165, 1.54) is 17.0 Å². The van der Waals surface area contributed by atoms with Crippen LogP contribution in [0.15, 0.2) is 48.5 Å². The molecule has 6 heteroatoms. The third kappa shape index (κ3) is 4.69. The van der Waals surface area contributed by atoms with Gasteiger partial charge in [0.25, 0.3) is 0 Å². The van der Waals surface area contributed by atoms with Crippen LogP contribution in [-0.4, -0.2) is 35.7 Å². The van der Waals surface area contributed by atoms with Crippen LogP contribution in [0.4, 0.5) is 14.9 Å². The van der Waals surface area contributed by atoms with Gasteiger partial charge in [-0.3, -0.25) is 0 Å². The number of benzene rings is 2. The van der Waals surface area contributed by atoms with Crippen LogP contribution in [0.2, 0.25) is 0 Å². The molecule has 2 N–H and O–H groups in total. The molecule has 23 heavy (non-hydrogen) atoms. The number of nitrogens with one attached hydrogen (secondary N) is 1. The molecule has 5 nitrogen and oxygen atoms in total. The van der Waals surface area contributed by atoms with Gasteiger partial charge in [0.2, 0.25) is 0 Å². The first kappa shape index (κ1) is 16.8. The van der Waals surface area contributed by atoms with Gasteiger partial charge in [0.15, 0.2) is 5.75 Å². The first-order valence-electron chi connectivity index (χ1n) is 7.33. The van der Waals surface area contributed by atoms with Crippen LogP contribution in [0.5, 0.6) is 11.5 Å². The van der Waals surface area contributed by atoms with Crippen molar-refractivity contribution in [2.24, 2.45) is 0 Å². The molecule has 0 saturated heterocycles. The molecule has 0 aromatic heterocycles. The maximum absolute atomic E-state index is 13.2. The average Bonchev–Trinajstić information content (AvgIpc) is 2.54. The van der Waals surface area contributed by atoms with E-state index < -0.39 is 5.82 Å². The number of likely N-dealkylation sites (N-methyl/N-ethyl adjacent to an activating group) is 1. The first-order valence-corrected chi connectivity index (χ1v) is 7.33. The lowest BCUT2D eigenvalue weighted by Crippen LogP contribution is -2.36. The number of hydrogen-bond acceptors (Lipinski definition) is 3. The Labute approximate surface area is 134 Å². The zero-order valence-electron chi connectivity index (χ0n) is 12.8. The van der Waals surface area contributed by atoms with Crippen molar-refractivity contribution in [3.8, 4) is 11.5 Å². The van der Waals surface area contributed by atoms with Gasteiger partial charge in [-0.05, 0) is 31.2 Å². The molecule has 2 rings (SSSR count). The fourth-order valence-electron chi connectivity index (χ4n) is 2.03. The van der Waals surface area contributed by atoms with Crippen LogP contribution < -0.4 is 10.1 Å². The van der Waals surface area contributed by atoms with Crippen molar-refractivity contribution in [1.29, 1.82) is 0 Å². The Bertz CT molecular complexity index is 664. The Balaban J connectivity index is 2.15. The molecule has 2 amide bonds. The van der Waals surface area contributed by atoms with E-state index in [-0.39, 0.29) is 19.2 Å². The quantitative estimate of drug-likeness (QED) is 0.857. The molecule has 0 aliphatic carbocycles. The zero-order chi connectivity index (χ0) is 16.7. The molecule has 0 unspecified atom stereocenters. The SMILES string of the molecule is CCN(CCO)C(=O)Nc1ccccc1Oc1cccc(F)c1. The van der Waals surface area contributed by atoms with E-state index in [0.29, 0.717) is 23.7 Å². The summed E-state index contributed by atoms with van der Waals surface area (Å²) in [5.74, 6) is 0.352. The highest BCUT2D eigenvalue weighted by molar-refractivity contribution is 5.91. The molecule has 2 aromatic carbocycles. The Morgan fingerprint density at radius 1 is 1.26 bits per heavy atom. The molecule has 122 valence electrons. The van der Waals surface area contributed by atoms with Crippen molar-refractivity contribution >= 4 is 11.7 Å². The summed E-state index contributed by atoms with van der Waals surface area (Å²) in [6.07, 6.45) is 0. The number of ether oxygens (including phenoxy) is 1. The topological polar surface area (TPSA) is 61.8 Å². The van der Waals surface area contributed by atoms with E-state index in [9.17, 15) is 9.18 Å². The van der Waals surface area contributed by atoms with E-state index in [4.69, 9.17) is 9.84 Å². The van der Waals surface area contributed by atoms with Gasteiger partial charge in [-0.2, -0.15) is 0 Å². The van der Waals surface area contributed by atoms with Crippen LogP contribution in [0, 0.1) is 5.82 Å². The summed E-state index contributed by atoms with van der Waals surface area (Å²) in [6, 6.07) is 12.3. The standard InChI is InChI=1S/C17H19FN2O3/c1-2-20(10-11-21)17(22)19-15-8-3-4-9-16(15)23-14-7-5-6-13(18)12-14/h3-9,12,21H,2,10-11H2,1H3,(H,19,22). The molecule has 0 atom stereocenters. The van der Waals surface area contributed by atoms with Crippen LogP contribution >= 0.6 is 0 Å². The van der Waals surface area contributed by atoms with Gasteiger partial charge in [0.05, 0.1) is 12.3 Å². The number of urea groups is 1. The lowest BCUT2D eigenvalue weighted by molar-refractivity contribution is 0.192. The Hall–Kier alpha value is -2.60. The van der Waals surface area contributed by atoms with E-state index in [0.717, 1.165) is 0 Å². The summed E-state index contributed by atoms with van der Waals surface area (Å²) < 4.78 is 18.9. The van der Waals surface area contributed by atoms with Crippen LogP contribution in [0.3, 0.4) is 0 Å². The number of aliphatic hydroxyl groups excluding tert-OH is 1. The number of nitrogens with zero attached hydrogens (tertiary/aromatic N) is 1. The number of amides is 2. The van der Waals surface area contributed by atoms with Crippen molar-refractivity contribution in [2.75, 3.05) is 25.0 Å². The van der Waals surface area contributed by atoms with Gasteiger partial charge in [0.1, 0.15) is 11.6 Å². The Morgan fingerprint density at radius 3 is 2.74 bits per heavy atom. The monoisotopic (exact) mass is 318 g/mol. The lowest BCUT2D eigenvalue weighted by atomic mass is 10.3. The van der Waals surface area contributed by atoms with E-state index in [2.05, 4.69) is 5.32 Å². The number of aliphatic hydroxyl groups is 1. The molecule has 0 heterocycles. The van der Waals surface area contributed by atoms with Gasteiger partial charge in [-0.15, -0.1) is 0 Å². The normalized spacial score (nSPS) is 10.2. The largest absolute Gasteiger partial charge is 0.455 e. The highest BCUT2D eigenvalue weighted by Crippen LogP contribution is 2.29. The van der Waals surface area contributed by atoms with Crippen molar-refractivity contribution < 1.29 is 19.0 Å². The Kier molecular flexibility index (Phi) is 5.94. The van der Waals surface area contributed by atoms with E-state index in [1.54, 1.807) is 36.4 Å². The second-order valence-corrected chi connectivity index (χ2v) is 4.79. The molecule has 0 saturated carbocycles. The summed E-state index contributed by atoms with van der Waals surface area (Å²) in [5.41, 5.74) is 0.471. The van der Waals surface area contributed by atoms with Gasteiger partial charge >= 0.3 is 6.03 Å². The maximum Gasteiger partial charge on any atom is 0.322 e. The molecule has 0 radical (unpaired) electrons. The van der Waals surface area contributed by atoms with Crippen LogP contribution in [-0.2, 0) is 0 Å². The molecular formula is C17H19FN2O3. The van der Waals surface area contributed by atoms with E-state index >= 15 is 0 Å². The van der Waals surface area contributed by atoms with Crippen LogP contribution in [0.25, 0.3) is 0 Å². The highest BCUT2D eigenvalue weighted by Gasteiger charge is 2.13. The van der Waals surface area contributed by atoms with Crippen molar-refractivity contribution in [3.05, 3.63) is 54.3 Å². The van der Waals surface area contributed by atoms with Crippen molar-refractivity contribution in [1.82, 2.24) is 4.90 Å². The summed E-state index contributed by atoms with van der Waals surface area (Å²) in [5, 5.41) is 11.7. The predicted molar refractivity (Wildman–Crippen MR) is 86.3 cm³/mol. The van der Waals surface area contributed by atoms with Crippen molar-refractivity contribution in [3.63, 3.8) is 0 Å². The number of carbonyl (C=O) groups excluding carboxylic acids is 1. The lowest BCUT2D eigenvalue weighted by Gasteiger charge is -2.21. The molecule has 0 fully saturated rings. The number of carbonyl (C=O) groups is 1. The Morgan fingerprint density at radius 2 is 2.04 bits per heavy atom. The van der Waals surface area contributed by atoms with Gasteiger partial charge in [-0.25, -0.2) is 9.18 Å². The van der Waals surface area contributed by atoms with Crippen LogP contribution in [0.1, 0.15) is 6.92 Å². The molecule has 0 spiro atoms. The molecule has 2 aromatic rings. The minimum atomic E-state index is -0.399. The minimum Gasteiger partial charge on any atom is -0.455 e. The number of hydrogen-bond donors (Lipinski definition) is 2. The van der Waals surface area contributed by atoms with Crippen molar-refractivity contribution in [2.45, 2.75) is 6.92 Å². The summed E-state index contributed by atoms with van der Waals surface area (Å²) >= 11 is 0. The minimum absolute atomic E-state index is 0.108. The maximum atomic E-state index is 13.2. The summed E-state index contributed by atoms with van der Waals surface area (Å²) in [7, 11) is 0. The number of anilines is 1. The van der Waals surface area contributed by atoms with E-state index in [1.807, 2.05) is 6.92 Å². The number of halogens is 1. The third-order valence-electron chi connectivity index (χ3n) is 3.19. The second kappa shape index (κ2) is 8.14. The van der Waals surface area contributed by atoms with Gasteiger partial charge in [0, 0.05) is 19.2 Å². The fraction of sp³-hybridized carbons (Fsp3) is 0.235. The molecule has 0 aliphatic rings. The fourth-order valence-corrected chi connectivity index (χ4v) is 2.03.